The Morgan fingerprint density at radius 3 is 2.60 bits per heavy atom. The molecule has 3 N–H and O–H groups in total. The molecule has 0 aliphatic carbocycles. The maximum Gasteiger partial charge on any atom is 0.0501 e. The summed E-state index contributed by atoms with van der Waals surface area (Å²) in [5, 5.41) is 1.21. The summed E-state index contributed by atoms with van der Waals surface area (Å²) >= 11 is 3.55. The van der Waals surface area contributed by atoms with Gasteiger partial charge >= 0.3 is 0 Å². The maximum absolute atomic E-state index is 5.88. The Morgan fingerprint density at radius 1 is 1.33 bits per heavy atom. The Balaban J connectivity index is 2.83. The Kier molecular flexibility index (Phi) is 2.51. The molecule has 0 spiro atoms. The van der Waals surface area contributed by atoms with Crippen molar-refractivity contribution in [3.63, 3.8) is 0 Å². The predicted molar refractivity (Wildman–Crippen MR) is 69.2 cm³/mol. The van der Waals surface area contributed by atoms with Crippen LogP contribution in [-0.4, -0.2) is 4.98 Å². The van der Waals surface area contributed by atoms with Gasteiger partial charge in [-0.2, -0.15) is 0 Å². The number of hydrogen-bond donors (Lipinski definition) is 2. The number of hydrogen-bond acceptors (Lipinski definition) is 1. The molecule has 1 aromatic carbocycles. The molecule has 0 unspecified atom stereocenters. The number of nitrogens with one attached hydrogen (secondary N) is 1. The number of aryl methyl sites for hydroxylation is 1. The van der Waals surface area contributed by atoms with Gasteiger partial charge in [-0.1, -0.05) is 13.8 Å². The van der Waals surface area contributed by atoms with E-state index in [4.69, 9.17) is 5.73 Å². The Bertz CT molecular complexity index is 512. The Hall–Kier alpha value is -0.960. The monoisotopic (exact) mass is 266 g/mol. The van der Waals surface area contributed by atoms with Gasteiger partial charge in [0.1, 0.15) is 0 Å². The minimum atomic E-state index is 0.505. The molecule has 0 fully saturated rings. The molecule has 2 rings (SSSR count). The highest BCUT2D eigenvalue weighted by molar-refractivity contribution is 9.10. The largest absolute Gasteiger partial charge is 0.398 e. The molecule has 0 aliphatic heterocycles. The summed E-state index contributed by atoms with van der Waals surface area (Å²) in [5.74, 6) is 0.505. The van der Waals surface area contributed by atoms with E-state index in [1.165, 1.54) is 16.6 Å². The smallest absolute Gasteiger partial charge is 0.0501 e. The van der Waals surface area contributed by atoms with Crippen molar-refractivity contribution in [1.82, 2.24) is 4.98 Å². The van der Waals surface area contributed by atoms with E-state index in [0.29, 0.717) is 5.92 Å². The molecule has 0 saturated heterocycles. The van der Waals surface area contributed by atoms with E-state index in [-0.39, 0.29) is 0 Å². The fourth-order valence-corrected chi connectivity index (χ4v) is 2.66. The van der Waals surface area contributed by atoms with Gasteiger partial charge in [-0.3, -0.25) is 0 Å². The summed E-state index contributed by atoms with van der Waals surface area (Å²) in [7, 11) is 0. The molecule has 2 nitrogen and oxygen atoms in total. The summed E-state index contributed by atoms with van der Waals surface area (Å²) in [5.41, 5.74) is 10.4. The number of nitrogen functional groups attached to an aromatic ring is 1. The van der Waals surface area contributed by atoms with Crippen LogP contribution in [0, 0.1) is 6.92 Å². The van der Waals surface area contributed by atoms with Crippen LogP contribution in [0.4, 0.5) is 5.69 Å². The number of aromatic amines is 1. The lowest BCUT2D eigenvalue weighted by Gasteiger charge is -2.03. The van der Waals surface area contributed by atoms with Gasteiger partial charge in [-0.05, 0) is 46.5 Å². The van der Waals surface area contributed by atoms with Crippen LogP contribution in [0.15, 0.2) is 16.6 Å². The van der Waals surface area contributed by atoms with Crippen molar-refractivity contribution in [3.8, 4) is 0 Å². The van der Waals surface area contributed by atoms with Crippen LogP contribution in [0.1, 0.15) is 31.0 Å². The highest BCUT2D eigenvalue weighted by Gasteiger charge is 2.13. The number of aromatic nitrogens is 1. The van der Waals surface area contributed by atoms with Gasteiger partial charge in [0.15, 0.2) is 0 Å². The molecule has 0 bridgehead atoms. The van der Waals surface area contributed by atoms with Crippen LogP contribution >= 0.6 is 15.9 Å². The Morgan fingerprint density at radius 2 is 2.00 bits per heavy atom. The third-order valence-electron chi connectivity index (χ3n) is 2.80. The molecular weight excluding hydrogens is 252 g/mol. The molecule has 0 radical (unpaired) electrons. The van der Waals surface area contributed by atoms with Crippen molar-refractivity contribution in [1.29, 1.82) is 0 Å². The summed E-state index contributed by atoms with van der Waals surface area (Å²) in [6.07, 6.45) is 0. The quantitative estimate of drug-likeness (QED) is 0.755. The fourth-order valence-electron chi connectivity index (χ4n) is 2.01. The van der Waals surface area contributed by atoms with Crippen LogP contribution in [-0.2, 0) is 0 Å². The van der Waals surface area contributed by atoms with E-state index in [2.05, 4.69) is 41.7 Å². The number of nitrogens with two attached hydrogens (primary N) is 1. The van der Waals surface area contributed by atoms with Crippen molar-refractivity contribution in [3.05, 3.63) is 27.9 Å². The number of halogens is 1. The van der Waals surface area contributed by atoms with E-state index in [1.807, 2.05) is 12.1 Å². The highest BCUT2D eigenvalue weighted by Crippen LogP contribution is 2.35. The minimum Gasteiger partial charge on any atom is -0.398 e. The average Bonchev–Trinajstić information content (AvgIpc) is 2.50. The third kappa shape index (κ3) is 1.55. The lowest BCUT2D eigenvalue weighted by Crippen LogP contribution is -1.89. The molecule has 0 atom stereocenters. The maximum atomic E-state index is 5.88. The number of benzene rings is 1. The Labute approximate surface area is 98.0 Å². The molecule has 1 heterocycles. The molecule has 15 heavy (non-hydrogen) atoms. The normalized spacial score (nSPS) is 11.5. The molecule has 2 aromatic rings. The molecule has 0 aliphatic rings. The van der Waals surface area contributed by atoms with Crippen molar-refractivity contribution >= 4 is 32.5 Å². The molecule has 0 saturated carbocycles. The van der Waals surface area contributed by atoms with Crippen LogP contribution in [0.3, 0.4) is 0 Å². The van der Waals surface area contributed by atoms with Gasteiger partial charge in [0.05, 0.1) is 4.47 Å². The average molecular weight is 267 g/mol. The van der Waals surface area contributed by atoms with Crippen LogP contribution in [0.25, 0.3) is 10.9 Å². The number of H-pyrrole nitrogens is 1. The summed E-state index contributed by atoms with van der Waals surface area (Å²) in [4.78, 5) is 3.45. The number of rotatable bonds is 1. The standard InChI is InChI=1S/C12H15BrN2/c1-6(2)12-7(3)10-9(15-12)5-4-8(14)11(10)13/h4-6,15H,14H2,1-3H3. The number of fused-ring (bicyclic) bond motifs is 1. The molecule has 3 heteroatoms. The number of anilines is 1. The lowest BCUT2D eigenvalue weighted by atomic mass is 10.0. The topological polar surface area (TPSA) is 41.8 Å². The van der Waals surface area contributed by atoms with E-state index < -0.39 is 0 Å². The zero-order valence-corrected chi connectivity index (χ0v) is 10.8. The second-order valence-corrected chi connectivity index (χ2v) is 5.00. The van der Waals surface area contributed by atoms with Crippen molar-refractivity contribution in [2.75, 3.05) is 5.73 Å². The zero-order valence-electron chi connectivity index (χ0n) is 9.19. The molecular formula is C12H15BrN2. The minimum absolute atomic E-state index is 0.505. The van der Waals surface area contributed by atoms with Crippen molar-refractivity contribution in [2.45, 2.75) is 26.7 Å². The molecule has 80 valence electrons. The van der Waals surface area contributed by atoms with E-state index in [0.717, 1.165) is 15.7 Å². The third-order valence-corrected chi connectivity index (χ3v) is 3.65. The SMILES string of the molecule is Cc1c(C(C)C)[nH]c2ccc(N)c(Br)c12. The van der Waals surface area contributed by atoms with E-state index in [1.54, 1.807) is 0 Å². The van der Waals surface area contributed by atoms with Gasteiger partial charge in [0, 0.05) is 22.3 Å². The lowest BCUT2D eigenvalue weighted by molar-refractivity contribution is 0.828. The first-order valence-corrected chi connectivity index (χ1v) is 5.87. The first kappa shape index (κ1) is 10.6. The van der Waals surface area contributed by atoms with Crippen LogP contribution in [0.5, 0.6) is 0 Å². The second-order valence-electron chi connectivity index (χ2n) is 4.21. The van der Waals surface area contributed by atoms with Gasteiger partial charge in [0.25, 0.3) is 0 Å². The van der Waals surface area contributed by atoms with Gasteiger partial charge in [-0.15, -0.1) is 0 Å². The zero-order chi connectivity index (χ0) is 11.2. The fraction of sp³-hybridized carbons (Fsp3) is 0.333. The molecule has 0 amide bonds. The predicted octanol–water partition coefficient (Wildman–Crippen LogP) is 3.94. The van der Waals surface area contributed by atoms with Gasteiger partial charge < -0.3 is 10.7 Å². The highest BCUT2D eigenvalue weighted by atomic mass is 79.9. The van der Waals surface area contributed by atoms with E-state index in [9.17, 15) is 0 Å². The van der Waals surface area contributed by atoms with Crippen molar-refractivity contribution < 1.29 is 0 Å². The van der Waals surface area contributed by atoms with Crippen molar-refractivity contribution in [2.24, 2.45) is 0 Å². The summed E-state index contributed by atoms with van der Waals surface area (Å²) in [6, 6.07) is 3.96. The van der Waals surface area contributed by atoms with E-state index >= 15 is 0 Å². The van der Waals surface area contributed by atoms with Crippen LogP contribution in [0.2, 0.25) is 0 Å². The van der Waals surface area contributed by atoms with Gasteiger partial charge in [0.2, 0.25) is 0 Å². The van der Waals surface area contributed by atoms with Crippen LogP contribution < -0.4 is 5.73 Å². The summed E-state index contributed by atoms with van der Waals surface area (Å²) in [6.45, 7) is 6.52. The summed E-state index contributed by atoms with van der Waals surface area (Å²) < 4.78 is 1.00. The van der Waals surface area contributed by atoms with Gasteiger partial charge in [-0.25, -0.2) is 0 Å². The second kappa shape index (κ2) is 3.56. The first-order chi connectivity index (χ1) is 7.02. The molecule has 1 aromatic heterocycles. The first-order valence-electron chi connectivity index (χ1n) is 5.08.